The first-order chi connectivity index (χ1) is 12.0. The molecule has 0 bridgehead atoms. The third-order valence-corrected chi connectivity index (χ3v) is 4.03. The lowest BCUT2D eigenvalue weighted by atomic mass is 10.0. The van der Waals surface area contributed by atoms with E-state index in [0.29, 0.717) is 11.1 Å². The summed E-state index contributed by atoms with van der Waals surface area (Å²) < 4.78 is 5.13. The van der Waals surface area contributed by atoms with Crippen molar-refractivity contribution in [2.75, 3.05) is 7.11 Å². The zero-order valence-corrected chi connectivity index (χ0v) is 14.8. The summed E-state index contributed by atoms with van der Waals surface area (Å²) in [6.07, 6.45) is 5.37. The summed E-state index contributed by atoms with van der Waals surface area (Å²) in [7, 11) is 1.60. The molecule has 0 fully saturated rings. The molecule has 0 unspecified atom stereocenters. The van der Waals surface area contributed by atoms with Gasteiger partial charge in [-0.1, -0.05) is 29.8 Å². The van der Waals surface area contributed by atoms with Crippen molar-refractivity contribution in [1.82, 2.24) is 0 Å². The molecular formula is C22H24O3. The Morgan fingerprint density at radius 2 is 1.92 bits per heavy atom. The molecule has 25 heavy (non-hydrogen) atoms. The molecule has 0 aliphatic rings. The minimum absolute atomic E-state index is 0.181. The second-order valence-electron chi connectivity index (χ2n) is 6.15. The number of allylic oxidation sites excluding steroid dienone is 2. The van der Waals surface area contributed by atoms with Crippen molar-refractivity contribution in [2.24, 2.45) is 0 Å². The average Bonchev–Trinajstić information content (AvgIpc) is 2.61. The van der Waals surface area contributed by atoms with Gasteiger partial charge in [0.2, 0.25) is 0 Å². The van der Waals surface area contributed by atoms with Crippen molar-refractivity contribution in [3.63, 3.8) is 0 Å². The largest absolute Gasteiger partial charge is 0.507 e. The molecule has 0 amide bonds. The standard InChI is InChI=1S/C22H24O3/c1-16(2)5-4-6-17-7-8-19(22(24)13-17)14-20(15-23)18-9-11-21(25-3)12-10-18/h7-15,24H,1,4-6H2,2-3H3/b20-14+. The summed E-state index contributed by atoms with van der Waals surface area (Å²) in [5.41, 5.74) is 4.15. The maximum Gasteiger partial charge on any atom is 0.150 e. The van der Waals surface area contributed by atoms with Gasteiger partial charge in [0.25, 0.3) is 0 Å². The molecule has 2 aromatic carbocycles. The molecule has 0 aliphatic carbocycles. The quantitative estimate of drug-likeness (QED) is 0.318. The molecule has 0 atom stereocenters. The number of phenolic OH excluding ortho intramolecular Hbond substituents is 1. The summed E-state index contributed by atoms with van der Waals surface area (Å²) in [6, 6.07) is 12.8. The van der Waals surface area contributed by atoms with Gasteiger partial charge in [0.15, 0.2) is 6.29 Å². The summed E-state index contributed by atoms with van der Waals surface area (Å²) in [6.45, 7) is 5.92. The lowest BCUT2D eigenvalue weighted by Gasteiger charge is -2.07. The molecule has 0 radical (unpaired) electrons. The van der Waals surface area contributed by atoms with Gasteiger partial charge in [-0.25, -0.2) is 0 Å². The zero-order chi connectivity index (χ0) is 18.2. The molecule has 0 aromatic heterocycles. The lowest BCUT2D eigenvalue weighted by molar-refractivity contribution is -0.103. The van der Waals surface area contributed by atoms with Crippen LogP contribution < -0.4 is 4.74 Å². The number of hydrogen-bond donors (Lipinski definition) is 1. The van der Waals surface area contributed by atoms with Gasteiger partial charge < -0.3 is 9.84 Å². The van der Waals surface area contributed by atoms with Gasteiger partial charge in [0.05, 0.1) is 7.11 Å². The first kappa shape index (κ1) is 18.5. The third-order valence-electron chi connectivity index (χ3n) is 4.03. The van der Waals surface area contributed by atoms with E-state index in [4.69, 9.17) is 4.74 Å². The van der Waals surface area contributed by atoms with E-state index in [9.17, 15) is 9.90 Å². The van der Waals surface area contributed by atoms with E-state index in [-0.39, 0.29) is 5.75 Å². The zero-order valence-electron chi connectivity index (χ0n) is 14.8. The number of aryl methyl sites for hydroxylation is 1. The number of methoxy groups -OCH3 is 1. The van der Waals surface area contributed by atoms with Crippen LogP contribution in [0.5, 0.6) is 11.5 Å². The Balaban J connectivity index is 2.19. The molecule has 2 aromatic rings. The fourth-order valence-electron chi connectivity index (χ4n) is 2.60. The molecule has 0 saturated heterocycles. The third kappa shape index (κ3) is 5.35. The van der Waals surface area contributed by atoms with Crippen LogP contribution in [0.4, 0.5) is 0 Å². The van der Waals surface area contributed by atoms with Gasteiger partial charge in [-0.3, -0.25) is 4.79 Å². The number of benzene rings is 2. The summed E-state index contributed by atoms with van der Waals surface area (Å²) in [5.74, 6) is 0.914. The maximum absolute atomic E-state index is 11.5. The van der Waals surface area contributed by atoms with Crippen molar-refractivity contribution in [3.05, 3.63) is 71.3 Å². The number of ether oxygens (including phenoxy) is 1. The first-order valence-electron chi connectivity index (χ1n) is 8.31. The van der Waals surface area contributed by atoms with Crippen LogP contribution in [-0.4, -0.2) is 18.5 Å². The highest BCUT2D eigenvalue weighted by Gasteiger charge is 2.05. The molecule has 0 saturated carbocycles. The van der Waals surface area contributed by atoms with Crippen LogP contribution in [0.3, 0.4) is 0 Å². The second kappa shape index (κ2) is 8.88. The van der Waals surface area contributed by atoms with Crippen molar-refractivity contribution < 1.29 is 14.6 Å². The highest BCUT2D eigenvalue weighted by atomic mass is 16.5. The normalized spacial score (nSPS) is 11.2. The number of phenols is 1. The number of rotatable bonds is 8. The predicted octanol–water partition coefficient (Wildman–Crippen LogP) is 5.04. The highest BCUT2D eigenvalue weighted by molar-refractivity contribution is 6.13. The molecule has 2 rings (SSSR count). The molecule has 1 N–H and O–H groups in total. The van der Waals surface area contributed by atoms with Crippen molar-refractivity contribution in [2.45, 2.75) is 26.2 Å². The Morgan fingerprint density at radius 3 is 2.48 bits per heavy atom. The number of aldehydes is 1. The van der Waals surface area contributed by atoms with Crippen molar-refractivity contribution >= 4 is 17.9 Å². The molecule has 0 spiro atoms. The van der Waals surface area contributed by atoms with Crippen LogP contribution in [0.1, 0.15) is 36.5 Å². The summed E-state index contributed by atoms with van der Waals surface area (Å²) in [5, 5.41) is 10.3. The van der Waals surface area contributed by atoms with Crippen LogP contribution in [0.2, 0.25) is 0 Å². The number of hydrogen-bond acceptors (Lipinski definition) is 3. The predicted molar refractivity (Wildman–Crippen MR) is 103 cm³/mol. The Hall–Kier alpha value is -2.81. The van der Waals surface area contributed by atoms with E-state index in [0.717, 1.165) is 42.4 Å². The minimum atomic E-state index is 0.181. The Labute approximate surface area is 149 Å². The average molecular weight is 336 g/mol. The highest BCUT2D eigenvalue weighted by Crippen LogP contribution is 2.26. The molecule has 0 heterocycles. The maximum atomic E-state index is 11.5. The van der Waals surface area contributed by atoms with E-state index in [1.165, 1.54) is 5.57 Å². The van der Waals surface area contributed by atoms with E-state index < -0.39 is 0 Å². The molecular weight excluding hydrogens is 312 g/mol. The molecule has 3 nitrogen and oxygen atoms in total. The van der Waals surface area contributed by atoms with E-state index >= 15 is 0 Å². The molecule has 0 aliphatic heterocycles. The van der Waals surface area contributed by atoms with Crippen molar-refractivity contribution in [3.8, 4) is 11.5 Å². The summed E-state index contributed by atoms with van der Waals surface area (Å²) >= 11 is 0. The first-order valence-corrected chi connectivity index (χ1v) is 8.31. The second-order valence-corrected chi connectivity index (χ2v) is 6.15. The van der Waals surface area contributed by atoms with E-state index in [1.54, 1.807) is 31.4 Å². The van der Waals surface area contributed by atoms with Gasteiger partial charge in [0, 0.05) is 11.1 Å². The van der Waals surface area contributed by atoms with Gasteiger partial charge in [-0.15, -0.1) is 6.58 Å². The topological polar surface area (TPSA) is 46.5 Å². The van der Waals surface area contributed by atoms with Crippen LogP contribution in [0, 0.1) is 0 Å². The van der Waals surface area contributed by atoms with Gasteiger partial charge >= 0.3 is 0 Å². The van der Waals surface area contributed by atoms with Gasteiger partial charge in [0.1, 0.15) is 11.5 Å². The smallest absolute Gasteiger partial charge is 0.150 e. The summed E-state index contributed by atoms with van der Waals surface area (Å²) in [4.78, 5) is 11.5. The Bertz CT molecular complexity index is 770. The van der Waals surface area contributed by atoms with Gasteiger partial charge in [-0.2, -0.15) is 0 Å². The monoisotopic (exact) mass is 336 g/mol. The minimum Gasteiger partial charge on any atom is -0.507 e. The SMILES string of the molecule is C=C(C)CCCc1ccc(/C=C(\C=O)c2ccc(OC)cc2)c(O)c1. The van der Waals surface area contributed by atoms with E-state index in [2.05, 4.69) is 6.58 Å². The molecule has 130 valence electrons. The van der Waals surface area contributed by atoms with Crippen LogP contribution in [0.15, 0.2) is 54.6 Å². The molecule has 3 heteroatoms. The fourth-order valence-corrected chi connectivity index (χ4v) is 2.60. The lowest BCUT2D eigenvalue weighted by Crippen LogP contribution is -1.90. The Morgan fingerprint density at radius 1 is 1.20 bits per heavy atom. The van der Waals surface area contributed by atoms with Crippen LogP contribution >= 0.6 is 0 Å². The number of aromatic hydroxyl groups is 1. The van der Waals surface area contributed by atoms with Crippen molar-refractivity contribution in [1.29, 1.82) is 0 Å². The fraction of sp³-hybridized carbons (Fsp3) is 0.227. The van der Waals surface area contributed by atoms with Crippen LogP contribution in [-0.2, 0) is 11.2 Å². The van der Waals surface area contributed by atoms with Gasteiger partial charge in [-0.05, 0) is 61.6 Å². The van der Waals surface area contributed by atoms with Crippen LogP contribution in [0.25, 0.3) is 11.6 Å². The number of carbonyl (C=O) groups excluding carboxylic acids is 1. The van der Waals surface area contributed by atoms with E-state index in [1.807, 2.05) is 31.2 Å². The Kier molecular flexibility index (Phi) is 6.58. The number of carbonyl (C=O) groups is 1.